The van der Waals surface area contributed by atoms with Gasteiger partial charge in [0, 0.05) is 31.7 Å². The average molecular weight is 297 g/mol. The molecule has 1 fully saturated rings. The van der Waals surface area contributed by atoms with Crippen LogP contribution in [0.15, 0.2) is 29.2 Å². The Kier molecular flexibility index (Phi) is 4.29. The molecule has 0 radical (unpaired) electrons. The Morgan fingerprint density at radius 3 is 2.60 bits per heavy atom. The Hall–Kier alpha value is -1.60. The second kappa shape index (κ2) is 5.80. The van der Waals surface area contributed by atoms with Gasteiger partial charge in [-0.1, -0.05) is 0 Å². The van der Waals surface area contributed by atoms with Crippen molar-refractivity contribution >= 4 is 21.6 Å². The van der Waals surface area contributed by atoms with Crippen LogP contribution in [0.25, 0.3) is 0 Å². The van der Waals surface area contributed by atoms with E-state index in [1.54, 1.807) is 12.1 Å². The van der Waals surface area contributed by atoms with Gasteiger partial charge in [0.2, 0.25) is 15.9 Å². The number of amides is 1. The number of sulfonamides is 1. The molecule has 0 aromatic heterocycles. The molecule has 7 heteroatoms. The summed E-state index contributed by atoms with van der Waals surface area (Å²) in [6.45, 7) is 2.22. The lowest BCUT2D eigenvalue weighted by Gasteiger charge is -2.32. The Balaban J connectivity index is 2.16. The van der Waals surface area contributed by atoms with Crippen LogP contribution in [0, 0.1) is 0 Å². The van der Waals surface area contributed by atoms with Crippen molar-refractivity contribution < 1.29 is 13.2 Å². The molecule has 2 rings (SSSR count). The Morgan fingerprint density at radius 2 is 2.00 bits per heavy atom. The van der Waals surface area contributed by atoms with Crippen molar-refractivity contribution in [3.05, 3.63) is 24.3 Å². The molecule has 3 N–H and O–H groups in total. The summed E-state index contributed by atoms with van der Waals surface area (Å²) < 4.78 is 26.4. The van der Waals surface area contributed by atoms with Gasteiger partial charge in [0.15, 0.2) is 0 Å². The molecule has 1 aromatic carbocycles. The third-order valence-electron chi connectivity index (χ3n) is 3.31. The molecular weight excluding hydrogens is 278 g/mol. The van der Waals surface area contributed by atoms with Crippen LogP contribution < -0.4 is 11.1 Å². The largest absolute Gasteiger partial charge is 0.399 e. The van der Waals surface area contributed by atoms with E-state index < -0.39 is 10.0 Å². The first-order chi connectivity index (χ1) is 9.39. The molecule has 0 aliphatic carbocycles. The number of benzene rings is 1. The maximum atomic E-state index is 12.5. The SMILES string of the molecule is CC(=O)NC1CCCN(S(=O)(=O)c2ccc(N)cc2)C1. The van der Waals surface area contributed by atoms with Crippen LogP contribution in [0.3, 0.4) is 0 Å². The summed E-state index contributed by atoms with van der Waals surface area (Å²) in [5, 5.41) is 2.78. The topological polar surface area (TPSA) is 92.5 Å². The highest BCUT2D eigenvalue weighted by molar-refractivity contribution is 7.89. The number of carbonyl (C=O) groups is 1. The number of anilines is 1. The zero-order valence-corrected chi connectivity index (χ0v) is 12.2. The maximum absolute atomic E-state index is 12.5. The van der Waals surface area contributed by atoms with Crippen molar-refractivity contribution in [1.29, 1.82) is 0 Å². The van der Waals surface area contributed by atoms with Crippen LogP contribution in [0.4, 0.5) is 5.69 Å². The van der Waals surface area contributed by atoms with Gasteiger partial charge in [-0.3, -0.25) is 4.79 Å². The van der Waals surface area contributed by atoms with Gasteiger partial charge in [-0.05, 0) is 37.1 Å². The van der Waals surface area contributed by atoms with Gasteiger partial charge in [0.1, 0.15) is 0 Å². The van der Waals surface area contributed by atoms with E-state index in [4.69, 9.17) is 5.73 Å². The van der Waals surface area contributed by atoms with Crippen molar-refractivity contribution in [1.82, 2.24) is 9.62 Å². The monoisotopic (exact) mass is 297 g/mol. The first-order valence-corrected chi connectivity index (χ1v) is 7.96. The minimum Gasteiger partial charge on any atom is -0.399 e. The van der Waals surface area contributed by atoms with Crippen LogP contribution >= 0.6 is 0 Å². The molecular formula is C13H19N3O3S. The number of nitrogen functional groups attached to an aromatic ring is 1. The summed E-state index contributed by atoms with van der Waals surface area (Å²) in [5.41, 5.74) is 6.10. The first-order valence-electron chi connectivity index (χ1n) is 6.52. The van der Waals surface area contributed by atoms with Gasteiger partial charge < -0.3 is 11.1 Å². The van der Waals surface area contributed by atoms with Crippen molar-refractivity contribution in [2.75, 3.05) is 18.8 Å². The van der Waals surface area contributed by atoms with Gasteiger partial charge >= 0.3 is 0 Å². The fourth-order valence-corrected chi connectivity index (χ4v) is 3.88. The Morgan fingerprint density at radius 1 is 1.35 bits per heavy atom. The molecule has 1 heterocycles. The van der Waals surface area contributed by atoms with E-state index in [-0.39, 0.29) is 16.8 Å². The summed E-state index contributed by atoms with van der Waals surface area (Å²) >= 11 is 0. The smallest absolute Gasteiger partial charge is 0.243 e. The van der Waals surface area contributed by atoms with E-state index in [2.05, 4.69) is 5.32 Å². The van der Waals surface area contributed by atoms with Crippen molar-refractivity contribution in [2.45, 2.75) is 30.7 Å². The Labute approximate surface area is 119 Å². The van der Waals surface area contributed by atoms with E-state index >= 15 is 0 Å². The third kappa shape index (κ3) is 3.29. The zero-order valence-electron chi connectivity index (χ0n) is 11.4. The second-order valence-corrected chi connectivity index (χ2v) is 6.91. The molecule has 1 saturated heterocycles. The number of nitrogens with two attached hydrogens (primary N) is 1. The molecule has 0 spiro atoms. The summed E-state index contributed by atoms with van der Waals surface area (Å²) in [7, 11) is -3.52. The lowest BCUT2D eigenvalue weighted by Crippen LogP contribution is -2.49. The average Bonchev–Trinajstić information content (AvgIpc) is 2.39. The Bertz CT molecular complexity index is 583. The van der Waals surface area contributed by atoms with E-state index in [0.29, 0.717) is 18.8 Å². The predicted octanol–water partition coefficient (Wildman–Crippen LogP) is 0.558. The highest BCUT2D eigenvalue weighted by atomic mass is 32.2. The van der Waals surface area contributed by atoms with E-state index in [1.165, 1.54) is 23.4 Å². The van der Waals surface area contributed by atoms with Crippen LogP contribution in [0.2, 0.25) is 0 Å². The lowest BCUT2D eigenvalue weighted by atomic mass is 10.1. The van der Waals surface area contributed by atoms with E-state index in [0.717, 1.165) is 12.8 Å². The predicted molar refractivity (Wildman–Crippen MR) is 76.5 cm³/mol. The van der Waals surface area contributed by atoms with Crippen LogP contribution in [-0.2, 0) is 14.8 Å². The number of carbonyl (C=O) groups excluding carboxylic acids is 1. The molecule has 110 valence electrons. The molecule has 0 bridgehead atoms. The molecule has 6 nitrogen and oxygen atoms in total. The van der Waals surface area contributed by atoms with Gasteiger partial charge in [0.05, 0.1) is 4.90 Å². The quantitative estimate of drug-likeness (QED) is 0.797. The number of hydrogen-bond donors (Lipinski definition) is 2. The highest BCUT2D eigenvalue weighted by Crippen LogP contribution is 2.21. The standard InChI is InChI=1S/C13H19N3O3S/c1-10(17)15-12-3-2-8-16(9-12)20(18,19)13-6-4-11(14)5-7-13/h4-7,12H,2-3,8-9,14H2,1H3,(H,15,17). The normalized spacial score (nSPS) is 20.6. The first kappa shape index (κ1) is 14.8. The van der Waals surface area contributed by atoms with Crippen LogP contribution in [0.1, 0.15) is 19.8 Å². The summed E-state index contributed by atoms with van der Waals surface area (Å²) in [6.07, 6.45) is 1.53. The maximum Gasteiger partial charge on any atom is 0.243 e. The highest BCUT2D eigenvalue weighted by Gasteiger charge is 2.30. The summed E-state index contributed by atoms with van der Waals surface area (Å²) in [6, 6.07) is 6.04. The fourth-order valence-electron chi connectivity index (χ4n) is 2.35. The zero-order chi connectivity index (χ0) is 14.8. The second-order valence-electron chi connectivity index (χ2n) is 4.97. The van der Waals surface area contributed by atoms with E-state index in [1.807, 2.05) is 0 Å². The van der Waals surface area contributed by atoms with E-state index in [9.17, 15) is 13.2 Å². The molecule has 0 saturated carbocycles. The number of nitrogens with one attached hydrogen (secondary N) is 1. The van der Waals surface area contributed by atoms with Gasteiger partial charge in [0.25, 0.3) is 0 Å². The van der Waals surface area contributed by atoms with Crippen LogP contribution in [0.5, 0.6) is 0 Å². The molecule has 1 amide bonds. The molecule has 1 aromatic rings. The summed E-state index contributed by atoms with van der Waals surface area (Å²) in [5.74, 6) is -0.137. The van der Waals surface area contributed by atoms with Gasteiger partial charge in [-0.25, -0.2) is 8.42 Å². The van der Waals surface area contributed by atoms with Gasteiger partial charge in [-0.15, -0.1) is 0 Å². The molecule has 1 aliphatic rings. The molecule has 20 heavy (non-hydrogen) atoms. The number of rotatable bonds is 3. The number of hydrogen-bond acceptors (Lipinski definition) is 4. The number of nitrogens with zero attached hydrogens (tertiary/aromatic N) is 1. The minimum absolute atomic E-state index is 0.121. The fraction of sp³-hybridized carbons (Fsp3) is 0.462. The molecule has 1 unspecified atom stereocenters. The van der Waals surface area contributed by atoms with Crippen molar-refractivity contribution in [2.24, 2.45) is 0 Å². The number of piperidine rings is 1. The van der Waals surface area contributed by atoms with Gasteiger partial charge in [-0.2, -0.15) is 4.31 Å². The molecule has 1 atom stereocenters. The lowest BCUT2D eigenvalue weighted by molar-refractivity contribution is -0.119. The third-order valence-corrected chi connectivity index (χ3v) is 5.19. The van der Waals surface area contributed by atoms with Crippen molar-refractivity contribution in [3.8, 4) is 0 Å². The molecule has 1 aliphatic heterocycles. The minimum atomic E-state index is -3.52. The van der Waals surface area contributed by atoms with Crippen LogP contribution in [-0.4, -0.2) is 37.8 Å². The summed E-state index contributed by atoms with van der Waals surface area (Å²) in [4.78, 5) is 11.3. The van der Waals surface area contributed by atoms with Crippen molar-refractivity contribution in [3.63, 3.8) is 0 Å².